The molecule has 3 heteroatoms. The normalized spacial score (nSPS) is 8.38. The Hall–Kier alpha value is -0.700. The molecule has 0 bridgehead atoms. The Morgan fingerprint density at radius 3 is 2.00 bits per heavy atom. The SMILES string of the molecule is C/C=N\N=C(C)C.O. The minimum atomic E-state index is 0. The highest BCUT2D eigenvalue weighted by Gasteiger charge is 1.67. The Bertz CT molecular complexity index is 92.6. The molecular weight excluding hydrogens is 104 g/mol. The van der Waals surface area contributed by atoms with Crippen LogP contribution in [0.3, 0.4) is 0 Å². The van der Waals surface area contributed by atoms with E-state index in [-0.39, 0.29) is 5.48 Å². The summed E-state index contributed by atoms with van der Waals surface area (Å²) in [6.45, 7) is 5.66. The Morgan fingerprint density at radius 1 is 1.38 bits per heavy atom. The molecular formula is C5H12N2O. The molecule has 48 valence electrons. The average molecular weight is 116 g/mol. The van der Waals surface area contributed by atoms with Gasteiger partial charge in [0.1, 0.15) is 0 Å². The van der Waals surface area contributed by atoms with Gasteiger partial charge in [-0.05, 0) is 20.8 Å². The number of hydrogen-bond donors (Lipinski definition) is 0. The van der Waals surface area contributed by atoms with Gasteiger partial charge in [-0.15, -0.1) is 0 Å². The Balaban J connectivity index is 0. The van der Waals surface area contributed by atoms with Gasteiger partial charge < -0.3 is 5.48 Å². The number of nitrogens with zero attached hydrogens (tertiary/aromatic N) is 2. The molecule has 0 aliphatic carbocycles. The summed E-state index contributed by atoms with van der Waals surface area (Å²) < 4.78 is 0. The Labute approximate surface area is 49.4 Å². The summed E-state index contributed by atoms with van der Waals surface area (Å²) in [5.74, 6) is 0. The van der Waals surface area contributed by atoms with Crippen molar-refractivity contribution in [1.82, 2.24) is 0 Å². The van der Waals surface area contributed by atoms with Crippen LogP contribution in [0.2, 0.25) is 0 Å². The molecule has 3 nitrogen and oxygen atoms in total. The van der Waals surface area contributed by atoms with Gasteiger partial charge in [0, 0.05) is 11.9 Å². The maximum Gasteiger partial charge on any atom is 0.0344 e. The first-order valence-electron chi connectivity index (χ1n) is 2.26. The molecule has 0 unspecified atom stereocenters. The second-order valence-electron chi connectivity index (χ2n) is 1.42. The molecule has 0 spiro atoms. The summed E-state index contributed by atoms with van der Waals surface area (Å²) >= 11 is 0. The van der Waals surface area contributed by atoms with Gasteiger partial charge in [0.2, 0.25) is 0 Å². The van der Waals surface area contributed by atoms with E-state index in [1.807, 2.05) is 20.8 Å². The fraction of sp³-hybridized carbons (Fsp3) is 0.600. The van der Waals surface area contributed by atoms with Gasteiger partial charge in [0.25, 0.3) is 0 Å². The topological polar surface area (TPSA) is 56.2 Å². The minimum Gasteiger partial charge on any atom is -0.412 e. The number of rotatable bonds is 1. The molecule has 0 radical (unpaired) electrons. The van der Waals surface area contributed by atoms with Crippen molar-refractivity contribution >= 4 is 11.9 Å². The van der Waals surface area contributed by atoms with Crippen molar-refractivity contribution in [3.05, 3.63) is 0 Å². The molecule has 0 aromatic heterocycles. The van der Waals surface area contributed by atoms with Gasteiger partial charge in [-0.1, -0.05) is 0 Å². The van der Waals surface area contributed by atoms with Crippen molar-refractivity contribution in [2.45, 2.75) is 20.8 Å². The highest BCUT2D eigenvalue weighted by Crippen LogP contribution is 1.72. The van der Waals surface area contributed by atoms with Crippen LogP contribution >= 0.6 is 0 Å². The molecule has 0 rings (SSSR count). The van der Waals surface area contributed by atoms with Crippen LogP contribution in [0.4, 0.5) is 0 Å². The lowest BCUT2D eigenvalue weighted by Gasteiger charge is -1.77. The van der Waals surface area contributed by atoms with Crippen molar-refractivity contribution in [1.29, 1.82) is 0 Å². The van der Waals surface area contributed by atoms with Crippen LogP contribution in [-0.2, 0) is 0 Å². The van der Waals surface area contributed by atoms with E-state index in [1.54, 1.807) is 6.21 Å². The summed E-state index contributed by atoms with van der Waals surface area (Å²) in [5.41, 5.74) is 0.984. The molecule has 0 aliphatic rings. The minimum absolute atomic E-state index is 0. The van der Waals surface area contributed by atoms with Crippen LogP contribution in [0.5, 0.6) is 0 Å². The molecule has 0 saturated carbocycles. The molecule has 8 heavy (non-hydrogen) atoms. The lowest BCUT2D eigenvalue weighted by atomic mass is 10.5. The Morgan fingerprint density at radius 2 is 1.88 bits per heavy atom. The summed E-state index contributed by atoms with van der Waals surface area (Å²) in [7, 11) is 0. The quantitative estimate of drug-likeness (QED) is 0.357. The fourth-order valence-electron chi connectivity index (χ4n) is 0.173. The first kappa shape index (κ1) is 10.3. The third-order valence-electron chi connectivity index (χ3n) is 0.373. The molecule has 2 N–H and O–H groups in total. The highest BCUT2D eigenvalue weighted by molar-refractivity contribution is 5.79. The lowest BCUT2D eigenvalue weighted by Crippen LogP contribution is -1.75. The predicted octanol–water partition coefficient (Wildman–Crippen LogP) is 0.648. The zero-order valence-electron chi connectivity index (χ0n) is 5.47. The fourth-order valence-corrected chi connectivity index (χ4v) is 0.173. The van der Waals surface area contributed by atoms with Gasteiger partial charge in [-0.2, -0.15) is 10.2 Å². The van der Waals surface area contributed by atoms with E-state index in [0.717, 1.165) is 5.71 Å². The standard InChI is InChI=1S/C5H10N2.H2O/c1-4-6-7-5(2)3;/h4H,1-3H3;1H2/b6-4-;. The largest absolute Gasteiger partial charge is 0.412 e. The van der Waals surface area contributed by atoms with Crippen molar-refractivity contribution in [2.24, 2.45) is 10.2 Å². The summed E-state index contributed by atoms with van der Waals surface area (Å²) in [4.78, 5) is 0. The monoisotopic (exact) mass is 116 g/mol. The first-order valence-corrected chi connectivity index (χ1v) is 2.26. The lowest BCUT2D eigenvalue weighted by molar-refractivity contribution is 0.824. The molecule has 0 amide bonds. The van der Waals surface area contributed by atoms with Gasteiger partial charge in [-0.25, -0.2) is 0 Å². The van der Waals surface area contributed by atoms with Crippen LogP contribution in [-0.4, -0.2) is 17.4 Å². The van der Waals surface area contributed by atoms with E-state index in [4.69, 9.17) is 0 Å². The maximum atomic E-state index is 3.73. The third kappa shape index (κ3) is 9.00. The van der Waals surface area contributed by atoms with Crippen LogP contribution in [0.25, 0.3) is 0 Å². The zero-order valence-corrected chi connectivity index (χ0v) is 5.47. The van der Waals surface area contributed by atoms with Crippen molar-refractivity contribution in [2.75, 3.05) is 0 Å². The maximum absolute atomic E-state index is 3.73. The molecule has 0 heterocycles. The van der Waals surface area contributed by atoms with E-state index in [0.29, 0.717) is 0 Å². The Kier molecular flexibility index (Phi) is 8.12. The highest BCUT2D eigenvalue weighted by atomic mass is 16.0. The second kappa shape index (κ2) is 6.30. The first-order chi connectivity index (χ1) is 3.27. The van der Waals surface area contributed by atoms with Crippen LogP contribution in [0.15, 0.2) is 10.2 Å². The number of hydrogen-bond acceptors (Lipinski definition) is 2. The molecule has 0 saturated heterocycles. The van der Waals surface area contributed by atoms with Crippen molar-refractivity contribution in [3.8, 4) is 0 Å². The predicted molar refractivity (Wildman–Crippen MR) is 36.6 cm³/mol. The summed E-state index contributed by atoms with van der Waals surface area (Å²) in [6.07, 6.45) is 1.66. The smallest absolute Gasteiger partial charge is 0.0344 e. The molecule has 0 fully saturated rings. The van der Waals surface area contributed by atoms with Gasteiger partial charge in [-0.3, -0.25) is 0 Å². The molecule has 0 atom stereocenters. The molecule has 0 aromatic carbocycles. The van der Waals surface area contributed by atoms with E-state index in [2.05, 4.69) is 10.2 Å². The zero-order chi connectivity index (χ0) is 5.70. The van der Waals surface area contributed by atoms with Gasteiger partial charge >= 0.3 is 0 Å². The molecule has 0 aliphatic heterocycles. The van der Waals surface area contributed by atoms with E-state index in [1.165, 1.54) is 0 Å². The summed E-state index contributed by atoms with van der Waals surface area (Å²) in [5, 5.41) is 7.36. The average Bonchev–Trinajstić information content (AvgIpc) is 1.61. The van der Waals surface area contributed by atoms with Crippen LogP contribution in [0, 0.1) is 0 Å². The third-order valence-corrected chi connectivity index (χ3v) is 0.373. The van der Waals surface area contributed by atoms with Crippen LogP contribution in [0.1, 0.15) is 20.8 Å². The van der Waals surface area contributed by atoms with Crippen molar-refractivity contribution < 1.29 is 5.48 Å². The van der Waals surface area contributed by atoms with Gasteiger partial charge in [0.05, 0.1) is 0 Å². The van der Waals surface area contributed by atoms with Crippen LogP contribution < -0.4 is 0 Å². The van der Waals surface area contributed by atoms with E-state index < -0.39 is 0 Å². The van der Waals surface area contributed by atoms with E-state index in [9.17, 15) is 0 Å². The second-order valence-corrected chi connectivity index (χ2v) is 1.42. The van der Waals surface area contributed by atoms with Crippen molar-refractivity contribution in [3.63, 3.8) is 0 Å². The summed E-state index contributed by atoms with van der Waals surface area (Å²) in [6, 6.07) is 0. The molecule has 0 aromatic rings. The van der Waals surface area contributed by atoms with Gasteiger partial charge in [0.15, 0.2) is 0 Å². The van der Waals surface area contributed by atoms with E-state index >= 15 is 0 Å².